The molecule has 1 amide bonds. The molecule has 0 aromatic carbocycles. The molecule has 1 aromatic heterocycles. The van der Waals surface area contributed by atoms with Crippen LogP contribution < -0.4 is 0 Å². The molecule has 0 radical (unpaired) electrons. The van der Waals surface area contributed by atoms with E-state index in [9.17, 15) is 18.0 Å². The number of hydrogen-bond donors (Lipinski definition) is 1. The van der Waals surface area contributed by atoms with Crippen LogP contribution in [-0.2, 0) is 22.5 Å². The van der Waals surface area contributed by atoms with Gasteiger partial charge in [-0.1, -0.05) is 0 Å². The highest BCUT2D eigenvalue weighted by Crippen LogP contribution is 2.33. The van der Waals surface area contributed by atoms with Gasteiger partial charge in [-0.3, -0.25) is 9.69 Å². The monoisotopic (exact) mass is 392 g/mol. The van der Waals surface area contributed by atoms with Gasteiger partial charge in [0.1, 0.15) is 0 Å². The molecule has 146 valence electrons. The Morgan fingerprint density at radius 1 is 1.31 bits per heavy atom. The van der Waals surface area contributed by atoms with E-state index in [1.165, 1.54) is 4.88 Å². The lowest BCUT2D eigenvalue weighted by Crippen LogP contribution is -2.59. The van der Waals surface area contributed by atoms with Crippen molar-refractivity contribution in [1.29, 1.82) is 0 Å². The maximum atomic E-state index is 12.7. The molecule has 3 rings (SSSR count). The van der Waals surface area contributed by atoms with Crippen molar-refractivity contribution >= 4 is 17.2 Å². The highest BCUT2D eigenvalue weighted by Gasteiger charge is 2.48. The molecule has 2 aliphatic heterocycles. The molecule has 5 nitrogen and oxygen atoms in total. The minimum absolute atomic E-state index is 0.00730. The van der Waals surface area contributed by atoms with Crippen molar-refractivity contribution in [2.75, 3.05) is 39.4 Å². The molecule has 2 saturated heterocycles. The summed E-state index contributed by atoms with van der Waals surface area (Å²) in [4.78, 5) is 15.9. The molecule has 0 unspecified atom stereocenters. The van der Waals surface area contributed by atoms with E-state index in [0.717, 1.165) is 30.1 Å². The van der Waals surface area contributed by atoms with Gasteiger partial charge in [-0.25, -0.2) is 0 Å². The molecule has 0 saturated carbocycles. The van der Waals surface area contributed by atoms with Crippen molar-refractivity contribution in [3.8, 4) is 0 Å². The highest BCUT2D eigenvalue weighted by atomic mass is 32.1. The maximum Gasteiger partial charge on any atom is 0.471 e. The van der Waals surface area contributed by atoms with Crippen molar-refractivity contribution in [1.82, 2.24) is 9.80 Å². The molecular weight excluding hydrogens is 369 g/mol. The molecule has 0 atom stereocenters. The number of hydrogen-bond acceptors (Lipinski definition) is 5. The average molecular weight is 392 g/mol. The minimum atomic E-state index is -4.83. The SMILES string of the molecule is O=C(N1CCOC2(CCN(Cc3cc(CCO)cs3)CC2)C1)C(F)(F)F. The van der Waals surface area contributed by atoms with Crippen LogP contribution in [0.5, 0.6) is 0 Å². The van der Waals surface area contributed by atoms with Crippen LogP contribution in [0.4, 0.5) is 13.2 Å². The number of morpholine rings is 1. The van der Waals surface area contributed by atoms with Gasteiger partial charge in [0.25, 0.3) is 0 Å². The average Bonchev–Trinajstić information content (AvgIpc) is 3.03. The summed E-state index contributed by atoms with van der Waals surface area (Å²) in [6.07, 6.45) is -2.95. The third-order valence-electron chi connectivity index (χ3n) is 5.03. The van der Waals surface area contributed by atoms with Gasteiger partial charge in [0.2, 0.25) is 0 Å². The zero-order valence-corrected chi connectivity index (χ0v) is 15.2. The number of alkyl halides is 3. The fourth-order valence-corrected chi connectivity index (χ4v) is 4.57. The number of halogens is 3. The lowest BCUT2D eigenvalue weighted by atomic mass is 9.89. The number of carbonyl (C=O) groups excluding carboxylic acids is 1. The lowest BCUT2D eigenvalue weighted by molar-refractivity contribution is -0.200. The second-order valence-corrected chi connectivity index (χ2v) is 7.92. The lowest BCUT2D eigenvalue weighted by Gasteiger charge is -2.47. The van der Waals surface area contributed by atoms with Gasteiger partial charge in [0.15, 0.2) is 0 Å². The number of nitrogens with zero attached hydrogens (tertiary/aromatic N) is 2. The fraction of sp³-hybridized carbons (Fsp3) is 0.706. The number of aliphatic hydroxyl groups is 1. The number of rotatable bonds is 4. The summed E-state index contributed by atoms with van der Waals surface area (Å²) in [6, 6.07) is 2.09. The van der Waals surface area contributed by atoms with Gasteiger partial charge in [-0.2, -0.15) is 13.2 Å². The van der Waals surface area contributed by atoms with E-state index in [-0.39, 0.29) is 26.3 Å². The second kappa shape index (κ2) is 7.84. The number of carbonyl (C=O) groups is 1. The van der Waals surface area contributed by atoms with Crippen LogP contribution in [0.15, 0.2) is 11.4 Å². The standard InChI is InChI=1S/C17H23F3N2O3S/c18-17(19,20)15(24)22-6-8-25-16(12-22)2-4-21(5-3-16)10-14-9-13(1-7-23)11-26-14/h9,11,23H,1-8,10,12H2. The molecule has 0 aliphatic carbocycles. The zero-order chi connectivity index (χ0) is 18.8. The number of likely N-dealkylation sites (tertiary alicyclic amines) is 1. The Hall–Kier alpha value is -1.16. The Morgan fingerprint density at radius 2 is 2.04 bits per heavy atom. The van der Waals surface area contributed by atoms with Gasteiger partial charge < -0.3 is 14.7 Å². The first-order valence-electron chi connectivity index (χ1n) is 8.71. The van der Waals surface area contributed by atoms with Crippen LogP contribution in [0.25, 0.3) is 0 Å². The third-order valence-corrected chi connectivity index (χ3v) is 6.00. The van der Waals surface area contributed by atoms with Crippen molar-refractivity contribution in [3.63, 3.8) is 0 Å². The smallest absolute Gasteiger partial charge is 0.396 e. The molecule has 3 heterocycles. The summed E-state index contributed by atoms with van der Waals surface area (Å²) in [5.74, 6) is -1.77. The summed E-state index contributed by atoms with van der Waals surface area (Å²) in [5, 5.41) is 11.0. The van der Waals surface area contributed by atoms with Crippen molar-refractivity contribution in [2.45, 2.75) is 37.6 Å². The number of aliphatic hydroxyl groups excluding tert-OH is 1. The van der Waals surface area contributed by atoms with Gasteiger partial charge >= 0.3 is 12.1 Å². The molecular formula is C17H23F3N2O3S. The van der Waals surface area contributed by atoms with Crippen molar-refractivity contribution < 1.29 is 27.8 Å². The van der Waals surface area contributed by atoms with E-state index in [1.807, 2.05) is 5.38 Å². The van der Waals surface area contributed by atoms with E-state index in [2.05, 4.69) is 11.0 Å². The summed E-state index contributed by atoms with van der Waals surface area (Å²) in [6.45, 7) is 2.52. The zero-order valence-electron chi connectivity index (χ0n) is 14.4. The number of amides is 1. The Bertz CT molecular complexity index is 627. The van der Waals surface area contributed by atoms with E-state index in [1.54, 1.807) is 11.3 Å². The quantitative estimate of drug-likeness (QED) is 0.852. The minimum Gasteiger partial charge on any atom is -0.396 e. The maximum absolute atomic E-state index is 12.7. The van der Waals surface area contributed by atoms with Crippen LogP contribution in [0.2, 0.25) is 0 Å². The first-order chi connectivity index (χ1) is 12.3. The van der Waals surface area contributed by atoms with E-state index >= 15 is 0 Å². The number of thiophene rings is 1. The summed E-state index contributed by atoms with van der Waals surface area (Å²) in [5.41, 5.74) is 0.463. The largest absolute Gasteiger partial charge is 0.471 e. The van der Waals surface area contributed by atoms with Crippen LogP contribution in [0.3, 0.4) is 0 Å². The van der Waals surface area contributed by atoms with E-state index in [4.69, 9.17) is 9.84 Å². The predicted octanol–water partition coefficient (Wildman–Crippen LogP) is 2.04. The van der Waals surface area contributed by atoms with Crippen LogP contribution in [-0.4, -0.2) is 72.0 Å². The van der Waals surface area contributed by atoms with Crippen molar-refractivity contribution in [3.05, 3.63) is 21.9 Å². The van der Waals surface area contributed by atoms with Crippen LogP contribution >= 0.6 is 11.3 Å². The predicted molar refractivity (Wildman–Crippen MR) is 90.9 cm³/mol. The Morgan fingerprint density at radius 3 is 2.69 bits per heavy atom. The number of piperidine rings is 1. The molecule has 1 N–H and O–H groups in total. The molecule has 2 aliphatic rings. The fourth-order valence-electron chi connectivity index (χ4n) is 3.61. The van der Waals surface area contributed by atoms with E-state index in [0.29, 0.717) is 19.3 Å². The van der Waals surface area contributed by atoms with E-state index < -0.39 is 17.7 Å². The molecule has 1 spiro atoms. The Kier molecular flexibility index (Phi) is 5.91. The normalized spacial score (nSPS) is 21.3. The van der Waals surface area contributed by atoms with Crippen molar-refractivity contribution in [2.24, 2.45) is 0 Å². The van der Waals surface area contributed by atoms with Gasteiger partial charge in [-0.05, 0) is 36.3 Å². The summed E-state index contributed by atoms with van der Waals surface area (Å²) in [7, 11) is 0. The Balaban J connectivity index is 1.54. The second-order valence-electron chi connectivity index (χ2n) is 6.93. The van der Waals surface area contributed by atoms with Crippen LogP contribution in [0, 0.1) is 0 Å². The third kappa shape index (κ3) is 4.57. The number of ether oxygens (including phenoxy) is 1. The Labute approximate surface area is 154 Å². The first kappa shape index (κ1) is 19.6. The van der Waals surface area contributed by atoms with Gasteiger partial charge in [0, 0.05) is 37.7 Å². The topological polar surface area (TPSA) is 53.0 Å². The van der Waals surface area contributed by atoms with Crippen LogP contribution in [0.1, 0.15) is 23.3 Å². The van der Waals surface area contributed by atoms with Gasteiger partial charge in [-0.15, -0.1) is 11.3 Å². The molecule has 0 bridgehead atoms. The first-order valence-corrected chi connectivity index (χ1v) is 9.59. The van der Waals surface area contributed by atoms with Gasteiger partial charge in [0.05, 0.1) is 18.8 Å². The highest BCUT2D eigenvalue weighted by molar-refractivity contribution is 7.10. The summed E-state index contributed by atoms with van der Waals surface area (Å²) >= 11 is 1.66. The summed E-state index contributed by atoms with van der Waals surface area (Å²) < 4.78 is 43.9. The molecule has 26 heavy (non-hydrogen) atoms. The molecule has 9 heteroatoms. The molecule has 2 fully saturated rings. The molecule has 1 aromatic rings.